The van der Waals surface area contributed by atoms with Gasteiger partial charge in [0.2, 0.25) is 12.2 Å². The molecule has 1 aromatic carbocycles. The molecule has 30 heavy (non-hydrogen) atoms. The molecule has 2 rings (SSSR count). The van der Waals surface area contributed by atoms with Crippen LogP contribution in [0.4, 0.5) is 14.5 Å². The number of benzene rings is 1. The fourth-order valence-electron chi connectivity index (χ4n) is 2.92. The highest BCUT2D eigenvalue weighted by atomic mass is 19.3. The van der Waals surface area contributed by atoms with Crippen molar-refractivity contribution in [2.75, 3.05) is 11.9 Å². The minimum absolute atomic E-state index is 0.0483. The summed E-state index contributed by atoms with van der Waals surface area (Å²) in [5, 5.41) is 41.2. The quantitative estimate of drug-likeness (QED) is 0.379. The Morgan fingerprint density at radius 2 is 1.87 bits per heavy atom. The highest BCUT2D eigenvalue weighted by molar-refractivity contribution is 5.91. The summed E-state index contributed by atoms with van der Waals surface area (Å²) in [6.07, 6.45) is -10.3. The fourth-order valence-corrected chi connectivity index (χ4v) is 2.92. The van der Waals surface area contributed by atoms with Gasteiger partial charge in [0, 0.05) is 18.5 Å². The number of aliphatic hydroxyl groups is 4. The van der Waals surface area contributed by atoms with E-state index in [9.17, 15) is 38.8 Å². The van der Waals surface area contributed by atoms with Crippen LogP contribution in [-0.4, -0.2) is 69.4 Å². The minimum atomic E-state index is -3.00. The maximum atomic E-state index is 13.5. The van der Waals surface area contributed by atoms with Crippen LogP contribution in [0.3, 0.4) is 0 Å². The summed E-state index contributed by atoms with van der Waals surface area (Å²) in [6.45, 7) is 0.710. The lowest BCUT2D eigenvalue weighted by molar-refractivity contribution is -0.277. The first-order chi connectivity index (χ1) is 14.1. The van der Waals surface area contributed by atoms with Gasteiger partial charge in [-0.1, -0.05) is 0 Å². The zero-order chi connectivity index (χ0) is 22.4. The van der Waals surface area contributed by atoms with Gasteiger partial charge in [-0.25, -0.2) is 8.78 Å². The molecule has 0 aromatic heterocycles. The van der Waals surface area contributed by atoms with Crippen molar-refractivity contribution in [2.45, 2.75) is 63.3 Å². The van der Waals surface area contributed by atoms with Gasteiger partial charge in [-0.2, -0.15) is 0 Å². The number of Topliss-reactive ketones (excluding diaryl/α,β-unsaturated/α-hetero) is 1. The van der Waals surface area contributed by atoms with Gasteiger partial charge in [0.05, 0.1) is 12.2 Å². The highest BCUT2D eigenvalue weighted by Gasteiger charge is 2.45. The van der Waals surface area contributed by atoms with Crippen LogP contribution < -0.4 is 10.1 Å². The molecule has 9 nitrogen and oxygen atoms in total. The molecular formula is C19H25F2NO8. The van der Waals surface area contributed by atoms with E-state index >= 15 is 0 Å². The Labute approximate surface area is 171 Å². The van der Waals surface area contributed by atoms with Crippen molar-refractivity contribution in [3.8, 4) is 5.75 Å². The van der Waals surface area contributed by atoms with Crippen LogP contribution in [0.5, 0.6) is 5.75 Å². The smallest absolute Gasteiger partial charge is 0.267 e. The Balaban J connectivity index is 2.11. The monoisotopic (exact) mass is 433 g/mol. The number of hydrogen-bond acceptors (Lipinski definition) is 8. The largest absolute Gasteiger partial charge is 0.461 e. The van der Waals surface area contributed by atoms with Crippen molar-refractivity contribution < 1.29 is 48.3 Å². The third kappa shape index (κ3) is 6.16. The fraction of sp³-hybridized carbons (Fsp3) is 0.579. The molecule has 0 radical (unpaired) electrons. The van der Waals surface area contributed by atoms with Crippen molar-refractivity contribution >= 4 is 17.4 Å². The average Bonchev–Trinajstić information content (AvgIpc) is 2.68. The number of aliphatic hydroxyl groups excluding tert-OH is 4. The lowest BCUT2D eigenvalue weighted by atomic mass is 9.99. The number of nitrogens with one attached hydrogen (secondary N) is 1. The van der Waals surface area contributed by atoms with Gasteiger partial charge in [0.15, 0.2) is 0 Å². The Hall–Kier alpha value is -2.18. The van der Waals surface area contributed by atoms with Crippen molar-refractivity contribution in [3.63, 3.8) is 0 Å². The summed E-state index contributed by atoms with van der Waals surface area (Å²) in [6, 6.07) is 3.43. The molecule has 5 N–H and O–H groups in total. The third-order valence-corrected chi connectivity index (χ3v) is 4.55. The molecular weight excluding hydrogens is 408 g/mol. The first kappa shape index (κ1) is 24.1. The molecule has 0 aliphatic carbocycles. The van der Waals surface area contributed by atoms with Gasteiger partial charge in [0.1, 0.15) is 35.9 Å². The van der Waals surface area contributed by atoms with Crippen LogP contribution >= 0.6 is 0 Å². The van der Waals surface area contributed by atoms with Gasteiger partial charge in [-0.15, -0.1) is 0 Å². The number of alkyl halides is 2. The molecule has 1 heterocycles. The van der Waals surface area contributed by atoms with E-state index in [1.54, 1.807) is 0 Å². The van der Waals surface area contributed by atoms with Gasteiger partial charge in [0.25, 0.3) is 6.43 Å². The normalized spacial score (nSPS) is 26.5. The van der Waals surface area contributed by atoms with Crippen LogP contribution in [0, 0.1) is 0 Å². The third-order valence-electron chi connectivity index (χ3n) is 4.55. The van der Waals surface area contributed by atoms with Crippen molar-refractivity contribution in [2.24, 2.45) is 0 Å². The predicted octanol–water partition coefficient (Wildman–Crippen LogP) is 0.501. The van der Waals surface area contributed by atoms with Gasteiger partial charge >= 0.3 is 0 Å². The second kappa shape index (κ2) is 10.7. The number of hydrogen-bond donors (Lipinski definition) is 5. The van der Waals surface area contributed by atoms with E-state index in [0.29, 0.717) is 6.42 Å². The molecule has 168 valence electrons. The second-order valence-electron chi connectivity index (χ2n) is 6.97. The average molecular weight is 433 g/mol. The summed E-state index contributed by atoms with van der Waals surface area (Å²) in [5.74, 6) is -0.875. The van der Waals surface area contributed by atoms with Gasteiger partial charge in [-0.3, -0.25) is 4.79 Å². The van der Waals surface area contributed by atoms with Crippen LogP contribution in [0.15, 0.2) is 18.2 Å². The van der Waals surface area contributed by atoms with E-state index in [1.807, 2.05) is 0 Å². The van der Waals surface area contributed by atoms with Crippen LogP contribution in [0.2, 0.25) is 0 Å². The lowest BCUT2D eigenvalue weighted by Crippen LogP contribution is -2.60. The molecule has 2 unspecified atom stereocenters. The van der Waals surface area contributed by atoms with E-state index in [1.165, 1.54) is 13.0 Å². The number of carbonyl (C=O) groups is 2. The zero-order valence-electron chi connectivity index (χ0n) is 16.2. The summed E-state index contributed by atoms with van der Waals surface area (Å²) >= 11 is 0. The SMILES string of the molecule is CC(=O)CCCC(=O)Nc1ccc(O[C@@H]2OC(CO)[C@H](O)C(O)[C@@H]2O)c(C(F)F)c1. The maximum Gasteiger partial charge on any atom is 0.267 e. The summed E-state index contributed by atoms with van der Waals surface area (Å²) in [4.78, 5) is 22.8. The molecule has 1 saturated heterocycles. The predicted molar refractivity (Wildman–Crippen MR) is 99.0 cm³/mol. The van der Waals surface area contributed by atoms with E-state index in [4.69, 9.17) is 9.47 Å². The van der Waals surface area contributed by atoms with Crippen LogP contribution in [0.25, 0.3) is 0 Å². The molecule has 1 aliphatic rings. The summed E-state index contributed by atoms with van der Waals surface area (Å²) in [7, 11) is 0. The van der Waals surface area contributed by atoms with Gasteiger partial charge in [-0.05, 0) is 31.5 Å². The number of carbonyl (C=O) groups excluding carboxylic acids is 2. The number of rotatable bonds is 9. The van der Waals surface area contributed by atoms with Crippen molar-refractivity contribution in [1.29, 1.82) is 0 Å². The molecule has 1 fully saturated rings. The Morgan fingerprint density at radius 3 is 2.47 bits per heavy atom. The van der Waals surface area contributed by atoms with Crippen molar-refractivity contribution in [3.05, 3.63) is 23.8 Å². The first-order valence-electron chi connectivity index (χ1n) is 9.32. The molecule has 1 aromatic rings. The molecule has 0 saturated carbocycles. The number of ether oxygens (including phenoxy) is 2. The second-order valence-corrected chi connectivity index (χ2v) is 6.97. The highest BCUT2D eigenvalue weighted by Crippen LogP contribution is 2.34. The zero-order valence-corrected chi connectivity index (χ0v) is 16.2. The Bertz CT molecular complexity index is 745. The molecule has 1 aliphatic heterocycles. The van der Waals surface area contributed by atoms with Crippen LogP contribution in [-0.2, 0) is 14.3 Å². The van der Waals surface area contributed by atoms with E-state index in [-0.39, 0.29) is 30.1 Å². The molecule has 0 bridgehead atoms. The standard InChI is InChI=1S/C19H25F2NO8/c1-9(24)3-2-4-14(25)22-10-5-6-12(11(7-10)18(20)21)29-19-17(28)16(27)15(26)13(8-23)30-19/h5-7,13,15-19,23,26-28H,2-4,8H2,1H3,(H,22,25)/t13?,15-,16?,17-,19+/m0/s1. The summed E-state index contributed by atoms with van der Waals surface area (Å²) < 4.78 is 37.4. The Morgan fingerprint density at radius 1 is 1.17 bits per heavy atom. The van der Waals surface area contributed by atoms with E-state index in [0.717, 1.165) is 12.1 Å². The Kier molecular flexibility index (Phi) is 8.62. The number of amides is 1. The topological polar surface area (TPSA) is 146 Å². The van der Waals surface area contributed by atoms with Crippen molar-refractivity contribution in [1.82, 2.24) is 0 Å². The van der Waals surface area contributed by atoms with E-state index < -0.39 is 55.2 Å². The minimum Gasteiger partial charge on any atom is -0.461 e. The molecule has 11 heteroatoms. The van der Waals surface area contributed by atoms with E-state index in [2.05, 4.69) is 5.32 Å². The number of halogens is 2. The number of ketones is 1. The molecule has 1 amide bonds. The lowest BCUT2D eigenvalue weighted by Gasteiger charge is -2.39. The molecule has 0 spiro atoms. The summed E-state index contributed by atoms with van der Waals surface area (Å²) in [5.41, 5.74) is -0.521. The molecule has 5 atom stereocenters. The number of anilines is 1. The van der Waals surface area contributed by atoms with Gasteiger partial charge < -0.3 is 40.0 Å². The maximum absolute atomic E-state index is 13.5. The van der Waals surface area contributed by atoms with Crippen LogP contribution in [0.1, 0.15) is 38.2 Å². The first-order valence-corrected chi connectivity index (χ1v) is 9.32.